The Labute approximate surface area is 150 Å². The van der Waals surface area contributed by atoms with Crippen LogP contribution in [0.15, 0.2) is 24.3 Å². The average molecular weight is 372 g/mol. The van der Waals surface area contributed by atoms with Crippen LogP contribution in [0.5, 0.6) is 0 Å². The maximum absolute atomic E-state index is 12.9. The molecule has 5 nitrogen and oxygen atoms in total. The van der Waals surface area contributed by atoms with E-state index in [0.717, 1.165) is 12.1 Å². The van der Waals surface area contributed by atoms with Crippen LogP contribution < -0.4 is 5.32 Å². The third kappa shape index (κ3) is 4.89. The van der Waals surface area contributed by atoms with Crippen molar-refractivity contribution in [2.45, 2.75) is 38.9 Å². The van der Waals surface area contributed by atoms with Gasteiger partial charge in [-0.3, -0.25) is 4.79 Å². The second-order valence-electron chi connectivity index (χ2n) is 6.89. The molecule has 1 atom stereocenters. The van der Waals surface area contributed by atoms with E-state index in [9.17, 15) is 22.8 Å². The lowest BCUT2D eigenvalue weighted by atomic mass is 9.94. The third-order valence-corrected chi connectivity index (χ3v) is 4.65. The quantitative estimate of drug-likeness (QED) is 0.842. The van der Waals surface area contributed by atoms with Crippen molar-refractivity contribution in [3.05, 3.63) is 35.4 Å². The highest BCUT2D eigenvalue weighted by atomic mass is 19.4. The molecule has 1 aliphatic rings. The average Bonchev–Trinajstić information content (AvgIpc) is 2.58. The summed E-state index contributed by atoms with van der Waals surface area (Å²) in [6, 6.07) is 4.00. The highest BCUT2D eigenvalue weighted by Crippen LogP contribution is 2.32. The predicted molar refractivity (Wildman–Crippen MR) is 89.5 cm³/mol. The van der Waals surface area contributed by atoms with Crippen LogP contribution in [0.2, 0.25) is 0 Å². The lowest BCUT2D eigenvalue weighted by Gasteiger charge is -2.33. The van der Waals surface area contributed by atoms with Gasteiger partial charge in [0.1, 0.15) is 0 Å². The van der Waals surface area contributed by atoms with Crippen LogP contribution in [0.1, 0.15) is 43.9 Å². The second-order valence-corrected chi connectivity index (χ2v) is 6.89. The molecule has 1 unspecified atom stereocenters. The number of amides is 2. The Hall–Kier alpha value is -2.25. The normalized spacial score (nSPS) is 17.2. The minimum atomic E-state index is -4.44. The number of nitrogens with one attached hydrogen (secondary N) is 1. The Morgan fingerprint density at radius 2 is 1.85 bits per heavy atom. The molecule has 1 aromatic rings. The van der Waals surface area contributed by atoms with Crippen LogP contribution in [0.25, 0.3) is 0 Å². The summed E-state index contributed by atoms with van der Waals surface area (Å²) in [6.45, 7) is 4.27. The molecule has 1 saturated heterocycles. The smallest absolute Gasteiger partial charge is 0.416 e. The van der Waals surface area contributed by atoms with Gasteiger partial charge in [0.25, 0.3) is 0 Å². The van der Waals surface area contributed by atoms with Crippen molar-refractivity contribution in [1.82, 2.24) is 10.2 Å². The Bertz CT molecular complexity index is 653. The van der Waals surface area contributed by atoms with Crippen LogP contribution in [0.4, 0.5) is 18.0 Å². The lowest BCUT2D eigenvalue weighted by molar-refractivity contribution is -0.143. The lowest BCUT2D eigenvalue weighted by Crippen LogP contribution is -2.47. The number of carboxylic acids is 1. The van der Waals surface area contributed by atoms with E-state index in [-0.39, 0.29) is 11.9 Å². The summed E-state index contributed by atoms with van der Waals surface area (Å²) in [5, 5.41) is 11.8. The monoisotopic (exact) mass is 372 g/mol. The number of nitrogens with zero attached hydrogens (tertiary/aromatic N) is 1. The molecule has 2 amide bonds. The van der Waals surface area contributed by atoms with Gasteiger partial charge in [0.05, 0.1) is 17.5 Å². The predicted octanol–water partition coefficient (Wildman–Crippen LogP) is 3.91. The topological polar surface area (TPSA) is 69.6 Å². The number of benzene rings is 1. The highest BCUT2D eigenvalue weighted by molar-refractivity contribution is 5.76. The molecular formula is C18H23F3N2O3. The first-order chi connectivity index (χ1) is 12.1. The van der Waals surface area contributed by atoms with E-state index in [4.69, 9.17) is 5.11 Å². The Balaban J connectivity index is 2.09. The first-order valence-electron chi connectivity index (χ1n) is 8.55. The molecule has 1 fully saturated rings. The molecule has 1 aliphatic heterocycles. The largest absolute Gasteiger partial charge is 0.481 e. The molecule has 0 aliphatic carbocycles. The number of alkyl halides is 3. The second kappa shape index (κ2) is 7.97. The van der Waals surface area contributed by atoms with Gasteiger partial charge in [-0.15, -0.1) is 0 Å². The van der Waals surface area contributed by atoms with Crippen LogP contribution in [-0.4, -0.2) is 35.1 Å². The molecule has 2 N–H and O–H groups in total. The van der Waals surface area contributed by atoms with E-state index in [1.807, 2.05) is 13.8 Å². The maximum Gasteiger partial charge on any atom is 0.416 e. The molecule has 2 rings (SSSR count). The van der Waals surface area contributed by atoms with Gasteiger partial charge in [0.15, 0.2) is 0 Å². The van der Waals surface area contributed by atoms with Gasteiger partial charge >= 0.3 is 18.2 Å². The first-order valence-corrected chi connectivity index (χ1v) is 8.55. The summed E-state index contributed by atoms with van der Waals surface area (Å²) in [7, 11) is 0. The fourth-order valence-electron chi connectivity index (χ4n) is 3.10. The summed E-state index contributed by atoms with van der Waals surface area (Å²) in [5.41, 5.74) is -0.360. The van der Waals surface area contributed by atoms with Crippen molar-refractivity contribution in [3.63, 3.8) is 0 Å². The SMILES string of the molecule is CC(C)C(NC(=O)N1CCC(C(=O)O)CC1)c1cccc(C(F)(F)F)c1. The van der Waals surface area contributed by atoms with Crippen molar-refractivity contribution in [3.8, 4) is 0 Å². The van der Waals surface area contributed by atoms with Crippen molar-refractivity contribution in [2.24, 2.45) is 11.8 Å². The number of urea groups is 1. The molecule has 1 heterocycles. The van der Waals surface area contributed by atoms with Crippen LogP contribution in [0.3, 0.4) is 0 Å². The zero-order chi connectivity index (χ0) is 19.5. The van der Waals surface area contributed by atoms with E-state index in [2.05, 4.69) is 5.32 Å². The van der Waals surface area contributed by atoms with Gasteiger partial charge in [0, 0.05) is 13.1 Å². The van der Waals surface area contributed by atoms with E-state index in [1.54, 1.807) is 6.07 Å². The van der Waals surface area contributed by atoms with Crippen molar-refractivity contribution >= 4 is 12.0 Å². The number of aliphatic carboxylic acids is 1. The van der Waals surface area contributed by atoms with Gasteiger partial charge in [0.2, 0.25) is 0 Å². The minimum Gasteiger partial charge on any atom is -0.481 e. The summed E-state index contributed by atoms with van der Waals surface area (Å²) < 4.78 is 38.8. The van der Waals surface area contributed by atoms with Crippen molar-refractivity contribution in [1.29, 1.82) is 0 Å². The van der Waals surface area contributed by atoms with Crippen molar-refractivity contribution < 1.29 is 27.9 Å². The fraction of sp³-hybridized carbons (Fsp3) is 0.556. The third-order valence-electron chi connectivity index (χ3n) is 4.65. The van der Waals surface area contributed by atoms with Crippen LogP contribution in [0, 0.1) is 11.8 Å². The number of likely N-dealkylation sites (tertiary alicyclic amines) is 1. The zero-order valence-electron chi connectivity index (χ0n) is 14.7. The van der Waals surface area contributed by atoms with Gasteiger partial charge in [-0.25, -0.2) is 4.79 Å². The number of carboxylic acid groups (broad SMARTS) is 1. The summed E-state index contributed by atoms with van der Waals surface area (Å²) in [5.74, 6) is -1.43. The molecule has 0 spiro atoms. The maximum atomic E-state index is 12.9. The van der Waals surface area contributed by atoms with Crippen molar-refractivity contribution in [2.75, 3.05) is 13.1 Å². The van der Waals surface area contributed by atoms with Gasteiger partial charge < -0.3 is 15.3 Å². The summed E-state index contributed by atoms with van der Waals surface area (Å²) in [4.78, 5) is 25.0. The van der Waals surface area contributed by atoms with Gasteiger partial charge in [-0.2, -0.15) is 13.2 Å². The zero-order valence-corrected chi connectivity index (χ0v) is 14.7. The highest BCUT2D eigenvalue weighted by Gasteiger charge is 2.32. The van der Waals surface area contributed by atoms with E-state index >= 15 is 0 Å². The molecule has 26 heavy (non-hydrogen) atoms. The molecule has 0 aromatic heterocycles. The minimum absolute atomic E-state index is 0.112. The number of rotatable bonds is 4. The number of halogens is 3. The Morgan fingerprint density at radius 3 is 2.35 bits per heavy atom. The molecule has 0 radical (unpaired) electrons. The Morgan fingerprint density at radius 1 is 1.23 bits per heavy atom. The molecule has 1 aromatic carbocycles. The van der Waals surface area contributed by atoms with Crippen LogP contribution in [-0.2, 0) is 11.0 Å². The first kappa shape index (κ1) is 20.1. The number of carbonyl (C=O) groups excluding carboxylic acids is 1. The summed E-state index contributed by atoms with van der Waals surface area (Å²) in [6.07, 6.45) is -3.70. The molecule has 8 heteroatoms. The van der Waals surface area contributed by atoms with Crippen LogP contribution >= 0.6 is 0 Å². The molecule has 0 saturated carbocycles. The van der Waals surface area contributed by atoms with E-state index < -0.39 is 29.7 Å². The molecule has 144 valence electrons. The van der Waals surface area contributed by atoms with Gasteiger partial charge in [-0.05, 0) is 36.5 Å². The number of piperidine rings is 1. The standard InChI is InChI=1S/C18H23F3N2O3/c1-11(2)15(13-4-3-5-14(10-13)18(19,20)21)22-17(26)23-8-6-12(7-9-23)16(24)25/h3-5,10-12,15H,6-9H2,1-2H3,(H,22,26)(H,24,25). The van der Waals surface area contributed by atoms with Gasteiger partial charge in [-0.1, -0.05) is 26.0 Å². The van der Waals surface area contributed by atoms with E-state index in [0.29, 0.717) is 31.5 Å². The Kier molecular flexibility index (Phi) is 6.15. The molecule has 0 bridgehead atoms. The van der Waals surface area contributed by atoms with E-state index in [1.165, 1.54) is 11.0 Å². The number of hydrogen-bond donors (Lipinski definition) is 2. The molecular weight excluding hydrogens is 349 g/mol. The number of carbonyl (C=O) groups is 2. The number of hydrogen-bond acceptors (Lipinski definition) is 2. The fourth-order valence-corrected chi connectivity index (χ4v) is 3.10. The summed E-state index contributed by atoms with van der Waals surface area (Å²) >= 11 is 0.